The van der Waals surface area contributed by atoms with Crippen molar-refractivity contribution in [1.82, 2.24) is 4.90 Å². The van der Waals surface area contributed by atoms with E-state index in [1.54, 1.807) is 6.07 Å². The molecule has 0 saturated heterocycles. The summed E-state index contributed by atoms with van der Waals surface area (Å²) in [4.78, 5) is 35.9. The van der Waals surface area contributed by atoms with Crippen LogP contribution in [0.3, 0.4) is 0 Å². The first-order valence-corrected chi connectivity index (χ1v) is 7.87. The Hall–Kier alpha value is -2.26. The third-order valence-corrected chi connectivity index (χ3v) is 3.51. The topological polar surface area (TPSA) is 129 Å². The predicted octanol–water partition coefficient (Wildman–Crippen LogP) is 0.406. The van der Waals surface area contributed by atoms with Gasteiger partial charge in [-0.1, -0.05) is 25.1 Å². The highest BCUT2D eigenvalue weighted by Crippen LogP contribution is 2.13. The third kappa shape index (κ3) is 4.64. The maximum atomic E-state index is 12.3. The van der Waals surface area contributed by atoms with E-state index in [2.05, 4.69) is 0 Å². The summed E-state index contributed by atoms with van der Waals surface area (Å²) < 4.78 is 30.8. The molecule has 0 unspecified atom stereocenters. The van der Waals surface area contributed by atoms with Crippen LogP contribution in [-0.4, -0.2) is 52.6 Å². The number of hydrogen-bond donors (Lipinski definition) is 2. The van der Waals surface area contributed by atoms with Crippen LogP contribution in [0.15, 0.2) is 30.3 Å². The Labute approximate surface area is 127 Å². The Morgan fingerprint density at radius 1 is 1.18 bits per heavy atom. The first kappa shape index (κ1) is 17.8. The minimum Gasteiger partial charge on any atom is -0.480 e. The molecule has 9 heteroatoms. The Bertz CT molecular complexity index is 669. The van der Waals surface area contributed by atoms with E-state index in [0.29, 0.717) is 4.90 Å². The fourth-order valence-electron chi connectivity index (χ4n) is 1.77. The monoisotopic (exact) mass is 329 g/mol. The van der Waals surface area contributed by atoms with Crippen molar-refractivity contribution in [3.8, 4) is 0 Å². The van der Waals surface area contributed by atoms with Crippen LogP contribution in [0.5, 0.6) is 0 Å². The summed E-state index contributed by atoms with van der Waals surface area (Å²) in [6, 6.07) is 5.38. The summed E-state index contributed by atoms with van der Waals surface area (Å²) >= 11 is 0. The van der Waals surface area contributed by atoms with Crippen LogP contribution in [0.1, 0.15) is 23.7 Å². The van der Waals surface area contributed by atoms with Crippen LogP contribution in [0.2, 0.25) is 0 Å². The highest BCUT2D eigenvalue weighted by molar-refractivity contribution is 7.85. The molecule has 1 rings (SSSR count). The Morgan fingerprint density at radius 2 is 1.73 bits per heavy atom. The van der Waals surface area contributed by atoms with E-state index < -0.39 is 39.7 Å². The molecule has 1 aromatic rings. The molecular formula is C13H15NO7S. The third-order valence-electron chi connectivity index (χ3n) is 2.78. The van der Waals surface area contributed by atoms with E-state index in [4.69, 9.17) is 9.66 Å². The Balaban J connectivity index is 3.29. The molecule has 0 heterocycles. The molecule has 0 aliphatic heterocycles. The number of benzene rings is 1. The number of carboxylic acid groups (broad SMARTS) is 1. The molecule has 0 aromatic heterocycles. The number of carbonyl (C=O) groups excluding carboxylic acids is 2. The van der Waals surface area contributed by atoms with Gasteiger partial charge in [0.2, 0.25) is 5.91 Å². The molecule has 0 radical (unpaired) electrons. The number of imide groups is 1. The lowest BCUT2D eigenvalue weighted by atomic mass is 10.1. The van der Waals surface area contributed by atoms with Crippen molar-refractivity contribution >= 4 is 27.9 Å². The van der Waals surface area contributed by atoms with Crippen LogP contribution in [0.25, 0.3) is 0 Å². The summed E-state index contributed by atoms with van der Waals surface area (Å²) in [7, 11) is -4.70. The Kier molecular flexibility index (Phi) is 5.77. The lowest BCUT2D eigenvalue weighted by Gasteiger charge is -2.26. The first-order valence-electron chi connectivity index (χ1n) is 6.26. The van der Waals surface area contributed by atoms with Crippen molar-refractivity contribution in [3.63, 3.8) is 0 Å². The van der Waals surface area contributed by atoms with Crippen LogP contribution >= 0.6 is 0 Å². The quantitative estimate of drug-likeness (QED) is 0.723. The van der Waals surface area contributed by atoms with Crippen molar-refractivity contribution in [2.75, 3.05) is 5.75 Å². The maximum absolute atomic E-state index is 12.3. The smallest absolute Gasteiger partial charge is 0.328 e. The number of carbonyl (C=O) groups is 3. The van der Waals surface area contributed by atoms with Crippen LogP contribution in [-0.2, 0) is 19.7 Å². The fourth-order valence-corrected chi connectivity index (χ4v) is 2.47. The van der Waals surface area contributed by atoms with Crippen molar-refractivity contribution in [3.05, 3.63) is 35.9 Å². The number of aliphatic carboxylic acids is 1. The van der Waals surface area contributed by atoms with E-state index in [9.17, 15) is 22.8 Å². The number of nitrogens with zero attached hydrogens (tertiary/aromatic N) is 1. The summed E-state index contributed by atoms with van der Waals surface area (Å²) in [5.41, 5.74) is 0.0332. The summed E-state index contributed by atoms with van der Waals surface area (Å²) in [5, 5.41) is 9.13. The number of amides is 2. The average molecular weight is 329 g/mol. The zero-order valence-corrected chi connectivity index (χ0v) is 12.5. The van der Waals surface area contributed by atoms with E-state index in [1.807, 2.05) is 0 Å². The number of rotatable bonds is 6. The molecule has 0 saturated carbocycles. The van der Waals surface area contributed by atoms with Gasteiger partial charge in [0.1, 0.15) is 5.75 Å². The van der Waals surface area contributed by atoms with Gasteiger partial charge in [-0.05, 0) is 12.1 Å². The molecule has 1 aromatic carbocycles. The molecule has 120 valence electrons. The van der Waals surface area contributed by atoms with Crippen LogP contribution in [0, 0.1) is 0 Å². The first-order chi connectivity index (χ1) is 10.2. The summed E-state index contributed by atoms with van der Waals surface area (Å²) in [6.07, 6.45) is -0.201. The highest BCUT2D eigenvalue weighted by atomic mass is 32.2. The molecule has 2 N–H and O–H groups in total. The van der Waals surface area contributed by atoms with E-state index in [0.717, 1.165) is 0 Å². The molecule has 2 amide bonds. The summed E-state index contributed by atoms with van der Waals surface area (Å²) in [6.45, 7) is 1.40. The largest absolute Gasteiger partial charge is 0.480 e. The lowest BCUT2D eigenvalue weighted by molar-refractivity contribution is -0.147. The molecule has 22 heavy (non-hydrogen) atoms. The zero-order chi connectivity index (χ0) is 16.9. The SMILES string of the molecule is CCC(=O)N(C(=O)c1ccccc1)[C@@H](CS(=O)(=O)O)C(=O)O. The van der Waals surface area contributed by atoms with Crippen molar-refractivity contribution in [2.45, 2.75) is 19.4 Å². The molecule has 0 aliphatic carbocycles. The minimum absolute atomic E-state index is 0.0332. The van der Waals surface area contributed by atoms with Crippen LogP contribution < -0.4 is 0 Å². The van der Waals surface area contributed by atoms with E-state index >= 15 is 0 Å². The fraction of sp³-hybridized carbons (Fsp3) is 0.308. The second-order valence-corrected chi connectivity index (χ2v) is 5.89. The maximum Gasteiger partial charge on any atom is 0.328 e. The van der Waals surface area contributed by atoms with Gasteiger partial charge < -0.3 is 5.11 Å². The van der Waals surface area contributed by atoms with Gasteiger partial charge in [-0.2, -0.15) is 8.42 Å². The Morgan fingerprint density at radius 3 is 2.14 bits per heavy atom. The van der Waals surface area contributed by atoms with Crippen LogP contribution in [0.4, 0.5) is 0 Å². The van der Waals surface area contributed by atoms with E-state index in [-0.39, 0.29) is 12.0 Å². The second kappa shape index (κ2) is 7.14. The molecule has 0 spiro atoms. The molecular weight excluding hydrogens is 314 g/mol. The lowest BCUT2D eigenvalue weighted by Crippen LogP contribution is -2.51. The second-order valence-electron chi connectivity index (χ2n) is 4.39. The van der Waals surface area contributed by atoms with Gasteiger partial charge in [0, 0.05) is 12.0 Å². The van der Waals surface area contributed by atoms with Gasteiger partial charge in [-0.15, -0.1) is 0 Å². The van der Waals surface area contributed by atoms with Crippen molar-refractivity contribution in [1.29, 1.82) is 0 Å². The van der Waals surface area contributed by atoms with Crippen molar-refractivity contribution < 1.29 is 32.5 Å². The van der Waals surface area contributed by atoms with Crippen molar-refractivity contribution in [2.24, 2.45) is 0 Å². The van der Waals surface area contributed by atoms with Gasteiger partial charge in [-0.25, -0.2) is 4.79 Å². The highest BCUT2D eigenvalue weighted by Gasteiger charge is 2.37. The molecule has 0 fully saturated rings. The van der Waals surface area contributed by atoms with Gasteiger partial charge >= 0.3 is 5.97 Å². The van der Waals surface area contributed by atoms with Gasteiger partial charge in [0.15, 0.2) is 6.04 Å². The average Bonchev–Trinajstić information content (AvgIpc) is 2.45. The van der Waals surface area contributed by atoms with Gasteiger partial charge in [-0.3, -0.25) is 19.0 Å². The number of hydrogen-bond acceptors (Lipinski definition) is 5. The minimum atomic E-state index is -4.70. The van der Waals surface area contributed by atoms with Gasteiger partial charge in [0.25, 0.3) is 16.0 Å². The molecule has 8 nitrogen and oxygen atoms in total. The zero-order valence-electron chi connectivity index (χ0n) is 11.7. The standard InChI is InChI=1S/C13H15NO7S/c1-2-11(15)14(10(13(17)18)8-22(19,20)21)12(16)9-6-4-3-5-7-9/h3-7,10H,2,8H2,1H3,(H,17,18)(H,19,20,21)/t10-/m0/s1. The molecule has 1 atom stereocenters. The van der Waals surface area contributed by atoms with E-state index in [1.165, 1.54) is 31.2 Å². The predicted molar refractivity (Wildman–Crippen MR) is 75.7 cm³/mol. The summed E-state index contributed by atoms with van der Waals surface area (Å²) in [5.74, 6) is -4.77. The number of carboxylic acids is 1. The molecule has 0 bridgehead atoms. The normalized spacial score (nSPS) is 12.5. The van der Waals surface area contributed by atoms with Gasteiger partial charge in [0.05, 0.1) is 0 Å². The molecule has 0 aliphatic rings.